The molecule has 2 aromatic carbocycles. The lowest BCUT2D eigenvalue weighted by atomic mass is 9.68. The van der Waals surface area contributed by atoms with Crippen molar-refractivity contribution >= 4 is 45.2 Å². The molecule has 50 heavy (non-hydrogen) atoms. The number of phenolic OH excluding ortho intramolecular Hbond substituents is 1. The Labute approximate surface area is 297 Å². The number of ketones is 2. The van der Waals surface area contributed by atoms with Gasteiger partial charge in [0, 0.05) is 67.3 Å². The van der Waals surface area contributed by atoms with E-state index in [1.54, 1.807) is 50.4 Å². The van der Waals surface area contributed by atoms with Gasteiger partial charge in [-0.25, -0.2) is 28.5 Å². The van der Waals surface area contributed by atoms with Gasteiger partial charge < -0.3 is 23.9 Å². The normalized spacial score (nSPS) is 18.3. The van der Waals surface area contributed by atoms with Crippen molar-refractivity contribution in [2.45, 2.75) is 44.8 Å². The minimum atomic E-state index is -0.876. The van der Waals surface area contributed by atoms with Gasteiger partial charge in [0.05, 0.1) is 48.0 Å². The predicted molar refractivity (Wildman–Crippen MR) is 190 cm³/mol. The second-order valence-corrected chi connectivity index (χ2v) is 13.2. The molecule has 0 saturated heterocycles. The van der Waals surface area contributed by atoms with Crippen LogP contribution in [-0.2, 0) is 36.1 Å². The molecule has 1 aliphatic heterocycles. The molecule has 3 aliphatic rings. The number of phenols is 1. The Bertz CT molecular complexity index is 2430. The predicted octanol–water partition coefficient (Wildman–Crippen LogP) is 2.86. The Morgan fingerprint density at radius 3 is 2.48 bits per heavy atom. The topological polar surface area (TPSA) is 166 Å². The highest BCUT2D eigenvalue weighted by Crippen LogP contribution is 2.52. The fourth-order valence-electron chi connectivity index (χ4n) is 7.20. The maximum atomic E-state index is 14.1. The number of nitrogens with zero attached hydrogens (tertiary/aromatic N) is 5. The van der Waals surface area contributed by atoms with E-state index in [0.29, 0.717) is 33.7 Å². The van der Waals surface area contributed by atoms with Gasteiger partial charge in [-0.2, -0.15) is 0 Å². The number of aromatic hydroxyl groups is 1. The Morgan fingerprint density at radius 1 is 1.02 bits per heavy atom. The van der Waals surface area contributed by atoms with Gasteiger partial charge in [0.15, 0.2) is 34.6 Å². The van der Waals surface area contributed by atoms with Crippen molar-refractivity contribution < 1.29 is 28.9 Å². The van der Waals surface area contributed by atoms with Crippen LogP contribution in [0.25, 0.3) is 11.0 Å². The van der Waals surface area contributed by atoms with Gasteiger partial charge >= 0.3 is 11.4 Å². The number of allylic oxidation sites excluding steroid dienone is 6. The average Bonchev–Trinajstić information content (AvgIpc) is 3.36. The molecule has 0 saturated carbocycles. The Kier molecular flexibility index (Phi) is 8.40. The van der Waals surface area contributed by atoms with E-state index in [1.165, 1.54) is 34.2 Å². The Hall–Kier alpha value is -5.19. The van der Waals surface area contributed by atoms with Crippen LogP contribution in [-0.4, -0.2) is 61.0 Å². The summed E-state index contributed by atoms with van der Waals surface area (Å²) in [6.07, 6.45) is 3.03. The molecular weight excluding hydrogens is 761 g/mol. The van der Waals surface area contributed by atoms with Crippen LogP contribution >= 0.6 is 22.6 Å². The zero-order valence-electron chi connectivity index (χ0n) is 27.6. The minimum absolute atomic E-state index is 0.00397. The number of para-hydroxylation sites is 1. The molecule has 1 N–H and O–H groups in total. The number of hydrogen-bond donors (Lipinski definition) is 1. The molecule has 4 aromatic rings. The van der Waals surface area contributed by atoms with Gasteiger partial charge in [-0.15, -0.1) is 0 Å². The highest BCUT2D eigenvalue weighted by atomic mass is 127. The maximum absolute atomic E-state index is 14.1. The van der Waals surface area contributed by atoms with E-state index >= 15 is 0 Å². The fourth-order valence-corrected chi connectivity index (χ4v) is 7.77. The van der Waals surface area contributed by atoms with Crippen LogP contribution in [0.5, 0.6) is 23.0 Å². The largest absolute Gasteiger partial charge is 0.504 e. The van der Waals surface area contributed by atoms with Crippen LogP contribution in [0.3, 0.4) is 0 Å². The minimum Gasteiger partial charge on any atom is -0.504 e. The number of carbonyl (C=O) groups is 2. The highest BCUT2D eigenvalue weighted by molar-refractivity contribution is 14.1. The molecule has 15 heteroatoms. The second kappa shape index (κ2) is 12.6. The summed E-state index contributed by atoms with van der Waals surface area (Å²) in [5.74, 6) is -0.666. The van der Waals surface area contributed by atoms with Crippen molar-refractivity contribution in [3.63, 3.8) is 0 Å². The van der Waals surface area contributed by atoms with Crippen LogP contribution in [0.2, 0.25) is 0 Å². The SMILES string of the molecule is CCOc1cccc(C2C3=CCn4c(=O)n(CCc5nc6cc(OC)c(OC)cc6n(C)c5=O)c(=O)n4C3CC3=C2C(=O)C(I)=CC3=O)c1O. The van der Waals surface area contributed by atoms with Crippen molar-refractivity contribution in [1.82, 2.24) is 23.5 Å². The fraction of sp³-hybridized carbons (Fsp3) is 0.314. The number of aryl methyl sites for hydroxylation is 2. The van der Waals surface area contributed by atoms with Crippen LogP contribution in [0.4, 0.5) is 0 Å². The zero-order chi connectivity index (χ0) is 35.6. The van der Waals surface area contributed by atoms with Gasteiger partial charge in [0.2, 0.25) is 0 Å². The first-order valence-electron chi connectivity index (χ1n) is 15.9. The first kappa shape index (κ1) is 33.3. The van der Waals surface area contributed by atoms with Crippen molar-refractivity contribution in [2.75, 3.05) is 20.8 Å². The van der Waals surface area contributed by atoms with Crippen molar-refractivity contribution in [1.29, 1.82) is 0 Å². The molecule has 14 nitrogen and oxygen atoms in total. The molecule has 258 valence electrons. The van der Waals surface area contributed by atoms with Crippen LogP contribution in [0, 0.1) is 0 Å². The first-order valence-corrected chi connectivity index (χ1v) is 17.0. The molecule has 0 bridgehead atoms. The summed E-state index contributed by atoms with van der Waals surface area (Å²) >= 11 is 1.84. The smallest absolute Gasteiger partial charge is 0.347 e. The first-order chi connectivity index (χ1) is 24.0. The molecule has 2 aliphatic carbocycles. The van der Waals surface area contributed by atoms with Crippen molar-refractivity contribution in [3.05, 3.63) is 105 Å². The van der Waals surface area contributed by atoms with E-state index in [1.807, 2.05) is 22.6 Å². The third kappa shape index (κ3) is 5.04. The molecular formula is C35H32IN5O9. The molecule has 3 heterocycles. The van der Waals surface area contributed by atoms with Gasteiger partial charge in [0.1, 0.15) is 5.69 Å². The zero-order valence-corrected chi connectivity index (χ0v) is 29.7. The molecule has 7 rings (SSSR count). The van der Waals surface area contributed by atoms with E-state index in [-0.39, 0.29) is 76.0 Å². The summed E-state index contributed by atoms with van der Waals surface area (Å²) in [5.41, 5.74) is 0.939. The lowest BCUT2D eigenvalue weighted by Crippen LogP contribution is -2.40. The summed E-state index contributed by atoms with van der Waals surface area (Å²) in [4.78, 5) is 72.9. The molecule has 2 atom stereocenters. The number of carbonyl (C=O) groups excluding carboxylic acids is 2. The van der Waals surface area contributed by atoms with Crippen molar-refractivity contribution in [2.24, 2.45) is 7.05 Å². The summed E-state index contributed by atoms with van der Waals surface area (Å²) < 4.78 is 21.8. The number of fused-ring (bicyclic) bond motifs is 4. The third-order valence-corrected chi connectivity index (χ3v) is 10.3. The average molecular weight is 794 g/mol. The standard InChI is InChI=1S/C35H32IN5O9/c1-5-50-26-8-6-7-18(31(26)43)29-17-9-12-40-34(46)39(35(47)41(40)23(17)13-19-25(42)14-20(36)32(44)30(19)29)11-10-21-33(45)38(2)24-16-28(49-4)27(48-3)15-22(24)37-21/h6-9,14-16,23,29,43H,5,10-13H2,1-4H3. The summed E-state index contributed by atoms with van der Waals surface area (Å²) in [7, 11) is 4.59. The van der Waals surface area contributed by atoms with Gasteiger partial charge in [-0.05, 0) is 41.2 Å². The Balaban J connectivity index is 1.30. The van der Waals surface area contributed by atoms with Crippen LogP contribution < -0.4 is 31.1 Å². The lowest BCUT2D eigenvalue weighted by molar-refractivity contribution is -0.115. The number of ether oxygens (including phenoxy) is 3. The molecule has 0 fully saturated rings. The highest BCUT2D eigenvalue weighted by Gasteiger charge is 2.46. The summed E-state index contributed by atoms with van der Waals surface area (Å²) in [6.45, 7) is 1.94. The van der Waals surface area contributed by atoms with Gasteiger partial charge in [-0.3, -0.25) is 14.4 Å². The number of hydrogen-bond acceptors (Lipinski definition) is 10. The monoisotopic (exact) mass is 793 g/mol. The number of benzene rings is 2. The second-order valence-electron chi connectivity index (χ2n) is 12.1. The number of rotatable bonds is 8. The van der Waals surface area contributed by atoms with E-state index in [4.69, 9.17) is 14.2 Å². The van der Waals surface area contributed by atoms with Crippen LogP contribution in [0.1, 0.15) is 36.6 Å². The van der Waals surface area contributed by atoms with E-state index in [2.05, 4.69) is 4.98 Å². The van der Waals surface area contributed by atoms with E-state index in [0.717, 1.165) is 4.57 Å². The molecule has 0 spiro atoms. The number of methoxy groups -OCH3 is 2. The summed E-state index contributed by atoms with van der Waals surface area (Å²) in [6, 6.07) is 7.47. The molecule has 0 amide bonds. The van der Waals surface area contributed by atoms with Gasteiger partial charge in [0.25, 0.3) is 5.56 Å². The number of halogens is 1. The molecule has 2 aromatic heterocycles. The number of aromatic nitrogens is 5. The number of Topliss-reactive ketones (excluding diaryl/α,β-unsaturated/α-hetero) is 1. The summed E-state index contributed by atoms with van der Waals surface area (Å²) in [5, 5.41) is 11.3. The van der Waals surface area contributed by atoms with E-state index < -0.39 is 28.9 Å². The molecule has 0 radical (unpaired) electrons. The Morgan fingerprint density at radius 2 is 1.76 bits per heavy atom. The van der Waals surface area contributed by atoms with Crippen molar-refractivity contribution in [3.8, 4) is 23.0 Å². The lowest BCUT2D eigenvalue weighted by Gasteiger charge is -2.39. The van der Waals surface area contributed by atoms with Crippen LogP contribution in [0.15, 0.2) is 77.2 Å². The van der Waals surface area contributed by atoms with Gasteiger partial charge in [-0.1, -0.05) is 18.2 Å². The molecule has 2 unspecified atom stereocenters. The quantitative estimate of drug-likeness (QED) is 0.159. The third-order valence-electron chi connectivity index (χ3n) is 9.54. The maximum Gasteiger partial charge on any atom is 0.347 e. The van der Waals surface area contributed by atoms with E-state index in [9.17, 15) is 29.1 Å².